The van der Waals surface area contributed by atoms with Gasteiger partial charge in [-0.1, -0.05) is 19.1 Å². The topological polar surface area (TPSA) is 32.7 Å². The molecular formula is C15H23NO2. The Kier molecular flexibility index (Phi) is 5.02. The molecule has 1 aliphatic rings. The lowest BCUT2D eigenvalue weighted by Gasteiger charge is -2.30. The Hall–Kier alpha value is -1.06. The van der Waals surface area contributed by atoms with E-state index in [1.54, 1.807) is 0 Å². The fourth-order valence-electron chi connectivity index (χ4n) is 2.39. The molecular weight excluding hydrogens is 226 g/mol. The van der Waals surface area contributed by atoms with Crippen molar-refractivity contribution in [1.82, 2.24) is 4.90 Å². The van der Waals surface area contributed by atoms with Gasteiger partial charge in [-0.25, -0.2) is 0 Å². The molecule has 18 heavy (non-hydrogen) atoms. The van der Waals surface area contributed by atoms with E-state index >= 15 is 0 Å². The average molecular weight is 249 g/mol. The van der Waals surface area contributed by atoms with Gasteiger partial charge in [-0.3, -0.25) is 4.90 Å². The molecule has 3 heteroatoms. The minimum absolute atomic E-state index is 0.154. The van der Waals surface area contributed by atoms with Crippen LogP contribution in [0.3, 0.4) is 0 Å². The minimum Gasteiger partial charge on any atom is -0.494 e. The van der Waals surface area contributed by atoms with Crippen molar-refractivity contribution in [3.63, 3.8) is 0 Å². The fourth-order valence-corrected chi connectivity index (χ4v) is 2.39. The number of hydrogen-bond donors (Lipinski definition) is 1. The zero-order valence-electron chi connectivity index (χ0n) is 11.1. The molecule has 0 bridgehead atoms. The second kappa shape index (κ2) is 6.76. The van der Waals surface area contributed by atoms with Gasteiger partial charge >= 0.3 is 0 Å². The number of benzene rings is 1. The van der Waals surface area contributed by atoms with Gasteiger partial charge in [0.25, 0.3) is 0 Å². The highest BCUT2D eigenvalue weighted by atomic mass is 16.5. The van der Waals surface area contributed by atoms with Gasteiger partial charge in [0, 0.05) is 13.1 Å². The zero-order chi connectivity index (χ0) is 12.8. The van der Waals surface area contributed by atoms with Gasteiger partial charge in [0.15, 0.2) is 0 Å². The van der Waals surface area contributed by atoms with E-state index in [4.69, 9.17) is 4.74 Å². The average Bonchev–Trinajstić information content (AvgIpc) is 2.37. The van der Waals surface area contributed by atoms with Gasteiger partial charge < -0.3 is 9.84 Å². The van der Waals surface area contributed by atoms with Gasteiger partial charge in [0.2, 0.25) is 0 Å². The zero-order valence-corrected chi connectivity index (χ0v) is 11.1. The van der Waals surface area contributed by atoms with E-state index in [2.05, 4.69) is 24.0 Å². The maximum absolute atomic E-state index is 9.66. The van der Waals surface area contributed by atoms with E-state index in [9.17, 15) is 5.11 Å². The van der Waals surface area contributed by atoms with Gasteiger partial charge in [-0.15, -0.1) is 0 Å². The molecule has 0 spiro atoms. The molecule has 1 fully saturated rings. The van der Waals surface area contributed by atoms with Crippen LogP contribution in [-0.2, 0) is 6.54 Å². The molecule has 1 aromatic carbocycles. The van der Waals surface area contributed by atoms with Crippen molar-refractivity contribution in [2.45, 2.75) is 38.8 Å². The lowest BCUT2D eigenvalue weighted by atomic mass is 10.1. The standard InChI is InChI=1S/C15H23NO2/c1-2-9-18-15-7-3-5-13(10-15)11-16-8-4-6-14(17)12-16/h3,5,7,10,14,17H,2,4,6,8-9,11-12H2,1H3. The van der Waals surface area contributed by atoms with E-state index in [-0.39, 0.29) is 6.10 Å². The maximum Gasteiger partial charge on any atom is 0.119 e. The van der Waals surface area contributed by atoms with E-state index in [1.165, 1.54) is 5.56 Å². The quantitative estimate of drug-likeness (QED) is 0.870. The molecule has 1 unspecified atom stereocenters. The first-order valence-electron chi connectivity index (χ1n) is 6.90. The van der Waals surface area contributed by atoms with Crippen LogP contribution in [0.5, 0.6) is 5.75 Å². The Labute approximate surface area is 109 Å². The number of piperidine rings is 1. The Morgan fingerprint density at radius 2 is 2.33 bits per heavy atom. The maximum atomic E-state index is 9.66. The number of β-amino-alcohol motifs (C(OH)–C–C–N with tert-alkyl or cyclic N) is 1. The van der Waals surface area contributed by atoms with Crippen LogP contribution >= 0.6 is 0 Å². The van der Waals surface area contributed by atoms with E-state index in [0.29, 0.717) is 0 Å². The Morgan fingerprint density at radius 3 is 3.11 bits per heavy atom. The van der Waals surface area contributed by atoms with Crippen LogP contribution in [0.2, 0.25) is 0 Å². The molecule has 1 aliphatic heterocycles. The van der Waals surface area contributed by atoms with Crippen LogP contribution in [0, 0.1) is 0 Å². The SMILES string of the molecule is CCCOc1cccc(CN2CCCC(O)C2)c1. The first kappa shape index (κ1) is 13.4. The summed E-state index contributed by atoms with van der Waals surface area (Å²) in [6.45, 7) is 5.66. The molecule has 0 saturated carbocycles. The number of nitrogens with zero attached hydrogens (tertiary/aromatic N) is 1. The number of ether oxygens (including phenoxy) is 1. The summed E-state index contributed by atoms with van der Waals surface area (Å²) < 4.78 is 5.64. The molecule has 1 saturated heterocycles. The minimum atomic E-state index is -0.154. The summed E-state index contributed by atoms with van der Waals surface area (Å²) in [7, 11) is 0. The molecule has 0 aliphatic carbocycles. The number of aliphatic hydroxyl groups excluding tert-OH is 1. The van der Waals surface area contributed by atoms with Crippen molar-refractivity contribution in [2.24, 2.45) is 0 Å². The molecule has 1 atom stereocenters. The van der Waals surface area contributed by atoms with Gasteiger partial charge in [0.05, 0.1) is 12.7 Å². The largest absolute Gasteiger partial charge is 0.494 e. The molecule has 100 valence electrons. The summed E-state index contributed by atoms with van der Waals surface area (Å²) in [6, 6.07) is 8.28. The van der Waals surface area contributed by atoms with Gasteiger partial charge in [-0.2, -0.15) is 0 Å². The Morgan fingerprint density at radius 1 is 1.44 bits per heavy atom. The van der Waals surface area contributed by atoms with E-state index in [1.807, 2.05) is 12.1 Å². The smallest absolute Gasteiger partial charge is 0.119 e. The third-order valence-corrected chi connectivity index (χ3v) is 3.26. The Bertz CT molecular complexity index is 367. The van der Waals surface area contributed by atoms with Crippen LogP contribution in [0.1, 0.15) is 31.7 Å². The summed E-state index contributed by atoms with van der Waals surface area (Å²) in [5.74, 6) is 0.951. The van der Waals surface area contributed by atoms with E-state index < -0.39 is 0 Å². The third kappa shape index (κ3) is 4.00. The van der Waals surface area contributed by atoms with Crippen molar-refractivity contribution in [3.05, 3.63) is 29.8 Å². The van der Waals surface area contributed by atoms with Crippen LogP contribution in [-0.4, -0.2) is 35.8 Å². The van der Waals surface area contributed by atoms with Crippen molar-refractivity contribution in [3.8, 4) is 5.75 Å². The highest BCUT2D eigenvalue weighted by Gasteiger charge is 2.17. The van der Waals surface area contributed by atoms with Crippen LogP contribution in [0.25, 0.3) is 0 Å². The molecule has 0 aromatic heterocycles. The lowest BCUT2D eigenvalue weighted by molar-refractivity contribution is 0.0668. The highest BCUT2D eigenvalue weighted by Crippen LogP contribution is 2.17. The van der Waals surface area contributed by atoms with Crippen molar-refractivity contribution >= 4 is 0 Å². The molecule has 3 nitrogen and oxygen atoms in total. The first-order chi connectivity index (χ1) is 8.78. The van der Waals surface area contributed by atoms with Gasteiger partial charge in [0.1, 0.15) is 5.75 Å². The summed E-state index contributed by atoms with van der Waals surface area (Å²) in [5, 5.41) is 9.66. The Balaban J connectivity index is 1.91. The fraction of sp³-hybridized carbons (Fsp3) is 0.600. The predicted molar refractivity (Wildman–Crippen MR) is 72.7 cm³/mol. The lowest BCUT2D eigenvalue weighted by Crippen LogP contribution is -2.37. The molecule has 1 N–H and O–H groups in total. The second-order valence-corrected chi connectivity index (χ2v) is 5.03. The van der Waals surface area contributed by atoms with Crippen molar-refractivity contribution < 1.29 is 9.84 Å². The van der Waals surface area contributed by atoms with Crippen LogP contribution in [0.15, 0.2) is 24.3 Å². The molecule has 1 aromatic rings. The molecule has 1 heterocycles. The summed E-state index contributed by atoms with van der Waals surface area (Å²) in [4.78, 5) is 2.31. The predicted octanol–water partition coefficient (Wildman–Crippen LogP) is 2.43. The second-order valence-electron chi connectivity index (χ2n) is 5.03. The number of hydrogen-bond acceptors (Lipinski definition) is 3. The molecule has 0 amide bonds. The highest BCUT2D eigenvalue weighted by molar-refractivity contribution is 5.28. The molecule has 2 rings (SSSR count). The first-order valence-corrected chi connectivity index (χ1v) is 6.90. The summed E-state index contributed by atoms with van der Waals surface area (Å²) >= 11 is 0. The number of aliphatic hydroxyl groups is 1. The number of rotatable bonds is 5. The van der Waals surface area contributed by atoms with Gasteiger partial charge in [-0.05, 0) is 43.5 Å². The van der Waals surface area contributed by atoms with Crippen LogP contribution in [0.4, 0.5) is 0 Å². The monoisotopic (exact) mass is 249 g/mol. The molecule has 0 radical (unpaired) electrons. The van der Waals surface area contributed by atoms with Crippen molar-refractivity contribution in [1.29, 1.82) is 0 Å². The van der Waals surface area contributed by atoms with E-state index in [0.717, 1.165) is 51.3 Å². The number of likely N-dealkylation sites (tertiary alicyclic amines) is 1. The van der Waals surface area contributed by atoms with Crippen molar-refractivity contribution in [2.75, 3.05) is 19.7 Å². The normalized spacial score (nSPS) is 20.9. The summed E-state index contributed by atoms with van der Waals surface area (Å²) in [6.07, 6.45) is 2.91. The summed E-state index contributed by atoms with van der Waals surface area (Å²) in [5.41, 5.74) is 1.26. The third-order valence-electron chi connectivity index (χ3n) is 3.26. The van der Waals surface area contributed by atoms with Crippen LogP contribution < -0.4 is 4.74 Å².